The summed E-state index contributed by atoms with van der Waals surface area (Å²) < 4.78 is 6.05. The van der Waals surface area contributed by atoms with E-state index in [4.69, 9.17) is 16.3 Å². The topological polar surface area (TPSA) is 34.0 Å². The molecule has 0 aliphatic carbocycles. The SMILES string of the molecule is COc1ccc2cc(CN(C)C(=O)C[NH+](C)Cc3ccc(Cl)s3)ccc2c1. The molecule has 1 unspecified atom stereocenters. The number of carbonyl (C=O) groups is 1. The Hall–Kier alpha value is -2.08. The number of fused-ring (bicyclic) bond motifs is 1. The number of ether oxygens (including phenoxy) is 1. The van der Waals surface area contributed by atoms with Gasteiger partial charge in [-0.2, -0.15) is 0 Å². The van der Waals surface area contributed by atoms with Crippen LogP contribution in [0.25, 0.3) is 10.8 Å². The molecule has 27 heavy (non-hydrogen) atoms. The highest BCUT2D eigenvalue weighted by molar-refractivity contribution is 7.16. The number of nitrogens with zero attached hydrogens (tertiary/aromatic N) is 1. The number of benzene rings is 2. The molecule has 0 saturated carbocycles. The number of carbonyl (C=O) groups excluding carboxylic acids is 1. The van der Waals surface area contributed by atoms with Crippen molar-refractivity contribution in [2.45, 2.75) is 13.1 Å². The van der Waals surface area contributed by atoms with Crippen molar-refractivity contribution in [3.8, 4) is 5.75 Å². The van der Waals surface area contributed by atoms with Crippen molar-refractivity contribution >= 4 is 39.6 Å². The maximum Gasteiger partial charge on any atom is 0.277 e. The van der Waals surface area contributed by atoms with Crippen LogP contribution < -0.4 is 9.64 Å². The summed E-state index contributed by atoms with van der Waals surface area (Å²) in [6, 6.07) is 16.2. The first-order valence-electron chi connectivity index (χ1n) is 8.81. The van der Waals surface area contributed by atoms with Crippen molar-refractivity contribution in [1.29, 1.82) is 0 Å². The molecule has 142 valence electrons. The molecule has 1 N–H and O–H groups in total. The van der Waals surface area contributed by atoms with Gasteiger partial charge < -0.3 is 14.5 Å². The summed E-state index contributed by atoms with van der Waals surface area (Å²) in [6.07, 6.45) is 0. The van der Waals surface area contributed by atoms with Crippen molar-refractivity contribution in [1.82, 2.24) is 4.90 Å². The van der Waals surface area contributed by atoms with Gasteiger partial charge in [-0.3, -0.25) is 4.79 Å². The Kier molecular flexibility index (Phi) is 6.37. The fraction of sp³-hybridized carbons (Fsp3) is 0.286. The van der Waals surface area contributed by atoms with Crippen molar-refractivity contribution in [2.75, 3.05) is 27.7 Å². The van der Waals surface area contributed by atoms with Crippen LogP contribution in [0.3, 0.4) is 0 Å². The maximum atomic E-state index is 12.6. The number of hydrogen-bond donors (Lipinski definition) is 1. The average Bonchev–Trinajstić information content (AvgIpc) is 3.05. The molecule has 0 radical (unpaired) electrons. The number of rotatable bonds is 7. The number of amides is 1. The molecule has 0 bridgehead atoms. The molecule has 3 rings (SSSR count). The van der Waals surface area contributed by atoms with E-state index in [2.05, 4.69) is 18.2 Å². The van der Waals surface area contributed by atoms with Gasteiger partial charge in [0, 0.05) is 13.6 Å². The molecular weight excluding hydrogens is 380 g/mol. The van der Waals surface area contributed by atoms with E-state index in [0.717, 1.165) is 37.9 Å². The highest BCUT2D eigenvalue weighted by Crippen LogP contribution is 2.22. The van der Waals surface area contributed by atoms with Gasteiger partial charge in [0.05, 0.1) is 23.4 Å². The van der Waals surface area contributed by atoms with Crippen molar-refractivity contribution < 1.29 is 14.4 Å². The number of methoxy groups -OCH3 is 1. The third-order valence-corrected chi connectivity index (χ3v) is 5.75. The summed E-state index contributed by atoms with van der Waals surface area (Å²) >= 11 is 7.54. The van der Waals surface area contributed by atoms with Gasteiger partial charge in [0.1, 0.15) is 12.3 Å². The van der Waals surface area contributed by atoms with Gasteiger partial charge in [0.25, 0.3) is 5.91 Å². The van der Waals surface area contributed by atoms with E-state index in [1.54, 1.807) is 23.3 Å². The standard InChI is InChI=1S/C21H23ClN2O2S/c1-23(13-19-8-9-20(22)27-19)14-21(25)24(2)12-15-4-5-17-11-18(26-3)7-6-16(17)10-15/h4-11H,12-14H2,1-3H3/p+1. The zero-order valence-electron chi connectivity index (χ0n) is 15.8. The Bertz CT molecular complexity index is 941. The van der Waals surface area contributed by atoms with Crippen LogP contribution in [0.1, 0.15) is 10.4 Å². The summed E-state index contributed by atoms with van der Waals surface area (Å²) in [5, 5.41) is 2.28. The first-order valence-corrected chi connectivity index (χ1v) is 10.00. The fourth-order valence-electron chi connectivity index (χ4n) is 3.06. The first-order chi connectivity index (χ1) is 12.9. The second-order valence-electron chi connectivity index (χ2n) is 6.81. The van der Waals surface area contributed by atoms with Gasteiger partial charge in [-0.1, -0.05) is 29.8 Å². The monoisotopic (exact) mass is 403 g/mol. The van der Waals surface area contributed by atoms with Gasteiger partial charge in [0.2, 0.25) is 0 Å². The smallest absolute Gasteiger partial charge is 0.277 e. The number of likely N-dealkylation sites (N-methyl/N-ethyl adjacent to an activating group) is 2. The lowest BCUT2D eigenvalue weighted by Gasteiger charge is -2.20. The minimum Gasteiger partial charge on any atom is -0.497 e. The number of thiophene rings is 1. The van der Waals surface area contributed by atoms with Gasteiger partial charge in [-0.25, -0.2) is 0 Å². The average molecular weight is 404 g/mol. The summed E-state index contributed by atoms with van der Waals surface area (Å²) in [7, 11) is 5.56. The van der Waals surface area contributed by atoms with E-state index in [0.29, 0.717) is 13.1 Å². The van der Waals surface area contributed by atoms with E-state index in [9.17, 15) is 4.79 Å². The summed E-state index contributed by atoms with van der Waals surface area (Å²) in [5.74, 6) is 0.977. The predicted octanol–water partition coefficient (Wildman–Crippen LogP) is 3.24. The zero-order valence-corrected chi connectivity index (χ0v) is 17.4. The normalized spacial score (nSPS) is 12.1. The van der Waals surface area contributed by atoms with E-state index in [1.165, 1.54) is 4.88 Å². The summed E-state index contributed by atoms with van der Waals surface area (Å²) in [4.78, 5) is 16.7. The minimum absolute atomic E-state index is 0.130. The lowest BCUT2D eigenvalue weighted by atomic mass is 10.1. The maximum absolute atomic E-state index is 12.6. The van der Waals surface area contributed by atoms with Crippen LogP contribution >= 0.6 is 22.9 Å². The first kappa shape index (κ1) is 19.7. The molecule has 0 saturated heterocycles. The Balaban J connectivity index is 1.59. The molecule has 3 aromatic rings. The van der Waals surface area contributed by atoms with Crippen molar-refractivity contribution in [3.63, 3.8) is 0 Å². The molecule has 0 spiro atoms. The molecule has 1 aromatic heterocycles. The fourth-order valence-corrected chi connectivity index (χ4v) is 4.26. The Morgan fingerprint density at radius 2 is 1.89 bits per heavy atom. The van der Waals surface area contributed by atoms with Crippen LogP contribution in [0.15, 0.2) is 48.5 Å². The molecule has 6 heteroatoms. The molecule has 0 fully saturated rings. The lowest BCUT2D eigenvalue weighted by Crippen LogP contribution is -3.08. The van der Waals surface area contributed by atoms with E-state index in [-0.39, 0.29) is 5.91 Å². The molecule has 0 aliphatic rings. The van der Waals surface area contributed by atoms with Crippen LogP contribution in [0.4, 0.5) is 0 Å². The minimum atomic E-state index is 0.130. The van der Waals surface area contributed by atoms with Crippen LogP contribution in [-0.2, 0) is 17.9 Å². The highest BCUT2D eigenvalue weighted by atomic mass is 35.5. The Morgan fingerprint density at radius 1 is 1.15 bits per heavy atom. The van der Waals surface area contributed by atoms with E-state index >= 15 is 0 Å². The molecular formula is C21H24ClN2O2S+. The number of halogens is 1. The van der Waals surface area contributed by atoms with Gasteiger partial charge in [-0.05, 0) is 46.7 Å². The van der Waals surface area contributed by atoms with E-state index < -0.39 is 0 Å². The lowest BCUT2D eigenvalue weighted by molar-refractivity contribution is -0.885. The Morgan fingerprint density at radius 3 is 2.59 bits per heavy atom. The van der Waals surface area contributed by atoms with Gasteiger partial charge in [0.15, 0.2) is 6.54 Å². The second-order valence-corrected chi connectivity index (χ2v) is 8.61. The van der Waals surface area contributed by atoms with Gasteiger partial charge >= 0.3 is 0 Å². The van der Waals surface area contributed by atoms with Crippen LogP contribution in [-0.4, -0.2) is 38.6 Å². The molecule has 2 aromatic carbocycles. The van der Waals surface area contributed by atoms with Crippen molar-refractivity contribution in [2.24, 2.45) is 0 Å². The van der Waals surface area contributed by atoms with E-state index in [1.807, 2.05) is 44.4 Å². The third-order valence-electron chi connectivity index (χ3n) is 4.52. The molecule has 1 atom stereocenters. The van der Waals surface area contributed by atoms with Crippen LogP contribution in [0, 0.1) is 0 Å². The summed E-state index contributed by atoms with van der Waals surface area (Å²) in [6.45, 7) is 1.85. The second kappa shape index (κ2) is 8.74. The highest BCUT2D eigenvalue weighted by Gasteiger charge is 2.16. The quantitative estimate of drug-likeness (QED) is 0.657. The van der Waals surface area contributed by atoms with Crippen LogP contribution in [0.5, 0.6) is 5.75 Å². The largest absolute Gasteiger partial charge is 0.497 e. The molecule has 4 nitrogen and oxygen atoms in total. The molecule has 1 heterocycles. The predicted molar refractivity (Wildman–Crippen MR) is 112 cm³/mol. The van der Waals surface area contributed by atoms with Crippen molar-refractivity contribution in [3.05, 3.63) is 63.3 Å². The zero-order chi connectivity index (χ0) is 19.4. The van der Waals surface area contributed by atoms with Gasteiger partial charge in [-0.15, -0.1) is 11.3 Å². The number of hydrogen-bond acceptors (Lipinski definition) is 3. The molecule has 1 amide bonds. The summed E-state index contributed by atoms with van der Waals surface area (Å²) in [5.41, 5.74) is 1.12. The van der Waals surface area contributed by atoms with Crippen LogP contribution in [0.2, 0.25) is 4.34 Å². The Labute approximate surface area is 168 Å². The molecule has 0 aliphatic heterocycles. The third kappa shape index (κ3) is 5.22. The number of quaternary nitrogens is 1. The number of nitrogens with one attached hydrogen (secondary N) is 1.